The number of thioether (sulfide) groups is 1. The molecule has 2 amide bonds. The average Bonchev–Trinajstić information content (AvgIpc) is 2.86. The van der Waals surface area contributed by atoms with Gasteiger partial charge < -0.3 is 19.7 Å². The van der Waals surface area contributed by atoms with Crippen LogP contribution in [0.4, 0.5) is 4.79 Å². The first-order valence-electron chi connectivity index (χ1n) is 5.59. The van der Waals surface area contributed by atoms with Gasteiger partial charge in [0.1, 0.15) is 5.76 Å². The van der Waals surface area contributed by atoms with Crippen LogP contribution in [0.15, 0.2) is 16.5 Å². The SMILES string of the molecule is O=C(O)c1ccc(CNC(=O)N2CCSCC2)o1. The van der Waals surface area contributed by atoms with Crippen molar-refractivity contribution in [1.29, 1.82) is 0 Å². The molecule has 98 valence electrons. The van der Waals surface area contributed by atoms with Gasteiger partial charge in [0.2, 0.25) is 5.76 Å². The van der Waals surface area contributed by atoms with Gasteiger partial charge in [-0.15, -0.1) is 0 Å². The molecule has 1 aliphatic heterocycles. The Kier molecular flexibility index (Phi) is 4.14. The van der Waals surface area contributed by atoms with Crippen LogP contribution in [0, 0.1) is 0 Å². The Balaban J connectivity index is 1.82. The number of carbonyl (C=O) groups excluding carboxylic acids is 1. The lowest BCUT2D eigenvalue weighted by molar-refractivity contribution is 0.0660. The van der Waals surface area contributed by atoms with Crippen molar-refractivity contribution in [3.05, 3.63) is 23.7 Å². The molecule has 1 aromatic rings. The molecule has 6 nitrogen and oxygen atoms in total. The summed E-state index contributed by atoms with van der Waals surface area (Å²) in [5.41, 5.74) is 0. The summed E-state index contributed by atoms with van der Waals surface area (Å²) in [6.07, 6.45) is 0. The van der Waals surface area contributed by atoms with Crippen molar-refractivity contribution in [2.75, 3.05) is 24.6 Å². The predicted octanol–water partition coefficient (Wildman–Crippen LogP) is 1.24. The quantitative estimate of drug-likeness (QED) is 0.863. The molecule has 1 fully saturated rings. The van der Waals surface area contributed by atoms with Crippen molar-refractivity contribution in [3.8, 4) is 0 Å². The molecule has 7 heteroatoms. The summed E-state index contributed by atoms with van der Waals surface area (Å²) in [6.45, 7) is 1.69. The Hall–Kier alpha value is -1.63. The molecule has 18 heavy (non-hydrogen) atoms. The van der Waals surface area contributed by atoms with Gasteiger partial charge >= 0.3 is 12.0 Å². The zero-order valence-corrected chi connectivity index (χ0v) is 10.5. The molecule has 0 saturated carbocycles. The maximum atomic E-state index is 11.8. The van der Waals surface area contributed by atoms with Gasteiger partial charge in [-0.05, 0) is 12.1 Å². The molecule has 1 saturated heterocycles. The van der Waals surface area contributed by atoms with E-state index >= 15 is 0 Å². The van der Waals surface area contributed by atoms with Crippen LogP contribution in [0.2, 0.25) is 0 Å². The Morgan fingerprint density at radius 1 is 1.39 bits per heavy atom. The van der Waals surface area contributed by atoms with Crippen LogP contribution in [-0.2, 0) is 6.54 Å². The molecule has 0 atom stereocenters. The fraction of sp³-hybridized carbons (Fsp3) is 0.455. The number of nitrogens with zero attached hydrogens (tertiary/aromatic N) is 1. The van der Waals surface area contributed by atoms with Crippen LogP contribution in [0.5, 0.6) is 0 Å². The zero-order valence-electron chi connectivity index (χ0n) is 9.72. The van der Waals surface area contributed by atoms with E-state index in [0.29, 0.717) is 5.76 Å². The molecule has 2 N–H and O–H groups in total. The number of urea groups is 1. The lowest BCUT2D eigenvalue weighted by Gasteiger charge is -2.26. The highest BCUT2D eigenvalue weighted by molar-refractivity contribution is 7.99. The van der Waals surface area contributed by atoms with E-state index in [1.165, 1.54) is 6.07 Å². The number of carbonyl (C=O) groups is 2. The van der Waals surface area contributed by atoms with Crippen LogP contribution in [0.25, 0.3) is 0 Å². The minimum absolute atomic E-state index is 0.117. The smallest absolute Gasteiger partial charge is 0.371 e. The Bertz CT molecular complexity index is 440. The van der Waals surface area contributed by atoms with E-state index < -0.39 is 5.97 Å². The van der Waals surface area contributed by atoms with Crippen molar-refractivity contribution < 1.29 is 19.1 Å². The summed E-state index contributed by atoms with van der Waals surface area (Å²) >= 11 is 1.83. The average molecular weight is 270 g/mol. The van der Waals surface area contributed by atoms with E-state index in [2.05, 4.69) is 5.32 Å². The molecule has 2 heterocycles. The maximum absolute atomic E-state index is 11.8. The number of furan rings is 1. The van der Waals surface area contributed by atoms with Crippen molar-refractivity contribution in [3.63, 3.8) is 0 Å². The van der Waals surface area contributed by atoms with Crippen LogP contribution in [0.3, 0.4) is 0 Å². The van der Waals surface area contributed by atoms with E-state index in [-0.39, 0.29) is 18.3 Å². The molecule has 2 rings (SSSR count). The monoisotopic (exact) mass is 270 g/mol. The van der Waals surface area contributed by atoms with Crippen molar-refractivity contribution >= 4 is 23.8 Å². The summed E-state index contributed by atoms with van der Waals surface area (Å²) in [5.74, 6) is 1.12. The van der Waals surface area contributed by atoms with E-state index in [0.717, 1.165) is 24.6 Å². The molecule has 1 aliphatic rings. The van der Waals surface area contributed by atoms with Crippen LogP contribution in [-0.4, -0.2) is 46.6 Å². The van der Waals surface area contributed by atoms with Crippen LogP contribution in [0.1, 0.15) is 16.3 Å². The standard InChI is InChI=1S/C11H14N2O4S/c14-10(15)9-2-1-8(17-9)7-12-11(16)13-3-5-18-6-4-13/h1-2H,3-7H2,(H,12,16)(H,14,15). The number of carboxylic acid groups (broad SMARTS) is 1. The molecule has 0 aliphatic carbocycles. The number of nitrogens with one attached hydrogen (secondary N) is 1. The fourth-order valence-corrected chi connectivity index (χ4v) is 2.53. The topological polar surface area (TPSA) is 82.8 Å². The third-order valence-electron chi connectivity index (χ3n) is 2.58. The van der Waals surface area contributed by atoms with E-state index in [1.54, 1.807) is 11.0 Å². The Morgan fingerprint density at radius 2 is 2.11 bits per heavy atom. The lowest BCUT2D eigenvalue weighted by atomic mass is 10.4. The van der Waals surface area contributed by atoms with Gasteiger partial charge in [-0.25, -0.2) is 9.59 Å². The van der Waals surface area contributed by atoms with Gasteiger partial charge in [0.25, 0.3) is 0 Å². The number of hydrogen-bond donors (Lipinski definition) is 2. The van der Waals surface area contributed by atoms with Crippen LogP contribution >= 0.6 is 11.8 Å². The number of aromatic carboxylic acids is 1. The summed E-state index contributed by atoms with van der Waals surface area (Å²) in [4.78, 5) is 24.1. The molecule has 0 bridgehead atoms. The molecular weight excluding hydrogens is 256 g/mol. The van der Waals surface area contributed by atoms with Crippen LogP contribution < -0.4 is 5.32 Å². The van der Waals surface area contributed by atoms with Crippen molar-refractivity contribution in [2.24, 2.45) is 0 Å². The molecule has 1 aromatic heterocycles. The maximum Gasteiger partial charge on any atom is 0.371 e. The third kappa shape index (κ3) is 3.19. The first kappa shape index (κ1) is 12.8. The molecular formula is C11H14N2O4S. The first-order chi connectivity index (χ1) is 8.66. The second-order valence-corrected chi connectivity index (χ2v) is 5.05. The third-order valence-corrected chi connectivity index (χ3v) is 3.53. The van der Waals surface area contributed by atoms with Gasteiger partial charge in [-0.2, -0.15) is 11.8 Å². The minimum Gasteiger partial charge on any atom is -0.475 e. The highest BCUT2D eigenvalue weighted by Crippen LogP contribution is 2.10. The van der Waals surface area contributed by atoms with E-state index in [4.69, 9.17) is 9.52 Å². The van der Waals surface area contributed by atoms with Gasteiger partial charge in [-0.3, -0.25) is 0 Å². The molecule has 0 unspecified atom stereocenters. The largest absolute Gasteiger partial charge is 0.475 e. The molecule has 0 radical (unpaired) electrons. The summed E-state index contributed by atoms with van der Waals surface area (Å²) in [6, 6.07) is 2.79. The van der Waals surface area contributed by atoms with Gasteiger partial charge in [0, 0.05) is 24.6 Å². The van der Waals surface area contributed by atoms with Crippen molar-refractivity contribution in [2.45, 2.75) is 6.54 Å². The minimum atomic E-state index is -1.11. The second kappa shape index (κ2) is 5.81. The van der Waals surface area contributed by atoms with Gasteiger partial charge in [0.05, 0.1) is 6.54 Å². The number of carboxylic acids is 1. The highest BCUT2D eigenvalue weighted by Gasteiger charge is 2.16. The Labute approximate surface area is 108 Å². The summed E-state index contributed by atoms with van der Waals surface area (Å²) in [7, 11) is 0. The predicted molar refractivity (Wildman–Crippen MR) is 66.8 cm³/mol. The highest BCUT2D eigenvalue weighted by atomic mass is 32.2. The Morgan fingerprint density at radius 3 is 2.72 bits per heavy atom. The second-order valence-electron chi connectivity index (χ2n) is 3.83. The summed E-state index contributed by atoms with van der Waals surface area (Å²) < 4.78 is 5.05. The zero-order chi connectivity index (χ0) is 13.0. The van der Waals surface area contributed by atoms with Gasteiger partial charge in [0.15, 0.2) is 0 Å². The van der Waals surface area contributed by atoms with Gasteiger partial charge in [-0.1, -0.05) is 0 Å². The normalized spacial score (nSPS) is 15.4. The first-order valence-corrected chi connectivity index (χ1v) is 6.75. The number of rotatable bonds is 3. The molecule has 0 aromatic carbocycles. The number of hydrogen-bond acceptors (Lipinski definition) is 4. The molecule has 0 spiro atoms. The van der Waals surface area contributed by atoms with Crippen molar-refractivity contribution in [1.82, 2.24) is 10.2 Å². The van der Waals surface area contributed by atoms with E-state index in [9.17, 15) is 9.59 Å². The number of amides is 2. The van der Waals surface area contributed by atoms with E-state index in [1.807, 2.05) is 11.8 Å². The fourth-order valence-electron chi connectivity index (χ4n) is 1.63. The lowest BCUT2D eigenvalue weighted by Crippen LogP contribution is -2.44. The summed E-state index contributed by atoms with van der Waals surface area (Å²) in [5, 5.41) is 11.4.